The molecule has 6 nitrogen and oxygen atoms in total. The molecule has 0 saturated carbocycles. The standard InChI is InChI=1S/C27H24FN3O3S2/c28-22-11-8-20(9-12-22)27-21(17-31(29-27)23-5-2-1-3-6-23)10-13-26(32)30(18-25-7-4-15-35-25)24-14-16-36(33,34)19-24/h1-13,15,17,24H,14,16,18-19H2/b13-10+. The Labute approximate surface area is 213 Å². The predicted molar refractivity (Wildman–Crippen MR) is 140 cm³/mol. The molecule has 0 radical (unpaired) electrons. The van der Waals surface area contributed by atoms with Crippen molar-refractivity contribution in [1.82, 2.24) is 14.7 Å². The van der Waals surface area contributed by atoms with Gasteiger partial charge < -0.3 is 4.90 Å². The zero-order valence-corrected chi connectivity index (χ0v) is 21.0. The first kappa shape index (κ1) is 24.1. The third-order valence-corrected chi connectivity index (χ3v) is 8.74. The van der Waals surface area contributed by atoms with E-state index in [1.807, 2.05) is 54.0 Å². The maximum atomic E-state index is 13.5. The number of hydrogen-bond donors (Lipinski definition) is 0. The van der Waals surface area contributed by atoms with Crippen molar-refractivity contribution >= 4 is 33.2 Å². The van der Waals surface area contributed by atoms with Gasteiger partial charge in [0.15, 0.2) is 9.84 Å². The molecule has 1 aliphatic rings. The van der Waals surface area contributed by atoms with E-state index in [-0.39, 0.29) is 29.3 Å². The van der Waals surface area contributed by atoms with Gasteiger partial charge in [-0.1, -0.05) is 24.3 Å². The van der Waals surface area contributed by atoms with E-state index < -0.39 is 9.84 Å². The van der Waals surface area contributed by atoms with Crippen molar-refractivity contribution in [1.29, 1.82) is 0 Å². The lowest BCUT2D eigenvalue weighted by Crippen LogP contribution is -2.39. The van der Waals surface area contributed by atoms with E-state index in [1.54, 1.807) is 27.8 Å². The Bertz CT molecular complexity index is 1480. The summed E-state index contributed by atoms with van der Waals surface area (Å²) in [6.07, 6.45) is 5.41. The molecule has 1 amide bonds. The van der Waals surface area contributed by atoms with Gasteiger partial charge in [-0.05, 0) is 60.3 Å². The summed E-state index contributed by atoms with van der Waals surface area (Å²) < 4.78 is 39.5. The molecule has 0 bridgehead atoms. The predicted octanol–water partition coefficient (Wildman–Crippen LogP) is 4.97. The number of benzene rings is 2. The number of rotatable bonds is 7. The van der Waals surface area contributed by atoms with Crippen LogP contribution in [0.4, 0.5) is 4.39 Å². The Balaban J connectivity index is 1.47. The van der Waals surface area contributed by atoms with Gasteiger partial charge in [0.05, 0.1) is 29.4 Å². The summed E-state index contributed by atoms with van der Waals surface area (Å²) in [5.74, 6) is -0.536. The first-order valence-electron chi connectivity index (χ1n) is 11.5. The fourth-order valence-corrected chi connectivity index (χ4v) is 6.72. The van der Waals surface area contributed by atoms with E-state index in [0.717, 1.165) is 16.1 Å². The fraction of sp³-hybridized carbons (Fsp3) is 0.185. The Morgan fingerprint density at radius 1 is 1.11 bits per heavy atom. The molecule has 4 aromatic rings. The molecule has 0 aliphatic carbocycles. The molecule has 1 saturated heterocycles. The number of para-hydroxylation sites is 1. The van der Waals surface area contributed by atoms with E-state index in [1.165, 1.54) is 29.5 Å². The Hall–Kier alpha value is -3.56. The van der Waals surface area contributed by atoms with Crippen LogP contribution in [-0.2, 0) is 21.2 Å². The topological polar surface area (TPSA) is 72.3 Å². The quantitative estimate of drug-likeness (QED) is 0.322. The zero-order chi connectivity index (χ0) is 25.1. The van der Waals surface area contributed by atoms with Crippen LogP contribution in [-0.4, -0.2) is 46.6 Å². The average molecular weight is 522 g/mol. The van der Waals surface area contributed by atoms with Crippen molar-refractivity contribution in [2.24, 2.45) is 0 Å². The highest BCUT2D eigenvalue weighted by molar-refractivity contribution is 7.91. The van der Waals surface area contributed by atoms with Crippen molar-refractivity contribution in [2.45, 2.75) is 19.0 Å². The maximum Gasteiger partial charge on any atom is 0.247 e. The maximum absolute atomic E-state index is 13.5. The number of amides is 1. The molecule has 184 valence electrons. The lowest BCUT2D eigenvalue weighted by atomic mass is 10.1. The highest BCUT2D eigenvalue weighted by Crippen LogP contribution is 2.26. The number of aromatic nitrogens is 2. The van der Waals surface area contributed by atoms with E-state index >= 15 is 0 Å². The van der Waals surface area contributed by atoms with Crippen molar-refractivity contribution in [3.05, 3.63) is 101 Å². The van der Waals surface area contributed by atoms with Crippen LogP contribution in [0, 0.1) is 5.82 Å². The van der Waals surface area contributed by atoms with Gasteiger partial charge in [0.25, 0.3) is 0 Å². The zero-order valence-electron chi connectivity index (χ0n) is 19.3. The SMILES string of the molecule is O=C(/C=C/c1cn(-c2ccccc2)nc1-c1ccc(F)cc1)N(Cc1cccs1)C1CCS(=O)(=O)C1. The minimum Gasteiger partial charge on any atom is -0.330 e. The van der Waals surface area contributed by atoms with Gasteiger partial charge in [-0.3, -0.25) is 4.79 Å². The summed E-state index contributed by atoms with van der Waals surface area (Å²) in [6.45, 7) is 0.356. The highest BCUT2D eigenvalue weighted by Gasteiger charge is 2.34. The molecular weight excluding hydrogens is 497 g/mol. The average Bonchev–Trinajstić information content (AvgIpc) is 3.62. The van der Waals surface area contributed by atoms with Crippen LogP contribution in [0.2, 0.25) is 0 Å². The largest absolute Gasteiger partial charge is 0.330 e. The Kier molecular flexibility index (Phi) is 6.84. The number of thiophene rings is 1. The van der Waals surface area contributed by atoms with Crippen LogP contribution in [0.25, 0.3) is 23.0 Å². The van der Waals surface area contributed by atoms with Crippen LogP contribution < -0.4 is 0 Å². The number of carbonyl (C=O) groups is 1. The number of sulfone groups is 1. The number of nitrogens with zero attached hydrogens (tertiary/aromatic N) is 3. The molecule has 0 spiro atoms. The van der Waals surface area contributed by atoms with Crippen LogP contribution >= 0.6 is 11.3 Å². The second-order valence-electron chi connectivity index (χ2n) is 8.66. The van der Waals surface area contributed by atoms with E-state index in [9.17, 15) is 17.6 Å². The second kappa shape index (κ2) is 10.2. The summed E-state index contributed by atoms with van der Waals surface area (Å²) in [5.41, 5.74) is 2.86. The first-order valence-corrected chi connectivity index (χ1v) is 14.2. The molecule has 5 rings (SSSR count). The summed E-state index contributed by atoms with van der Waals surface area (Å²) >= 11 is 1.53. The molecule has 1 fully saturated rings. The summed E-state index contributed by atoms with van der Waals surface area (Å²) in [7, 11) is -3.15. The molecule has 2 aromatic carbocycles. The molecule has 1 unspecified atom stereocenters. The number of carbonyl (C=O) groups excluding carboxylic acids is 1. The van der Waals surface area contributed by atoms with Crippen molar-refractivity contribution in [2.75, 3.05) is 11.5 Å². The lowest BCUT2D eigenvalue weighted by Gasteiger charge is -2.26. The van der Waals surface area contributed by atoms with Gasteiger partial charge in [-0.2, -0.15) is 5.10 Å². The van der Waals surface area contributed by atoms with E-state index in [4.69, 9.17) is 5.10 Å². The van der Waals surface area contributed by atoms with Crippen molar-refractivity contribution in [3.63, 3.8) is 0 Å². The third-order valence-electron chi connectivity index (χ3n) is 6.12. The van der Waals surface area contributed by atoms with Gasteiger partial charge >= 0.3 is 0 Å². The Morgan fingerprint density at radius 2 is 1.89 bits per heavy atom. The van der Waals surface area contributed by atoms with Crippen LogP contribution in [0.3, 0.4) is 0 Å². The fourth-order valence-electron chi connectivity index (χ4n) is 4.29. The first-order chi connectivity index (χ1) is 17.4. The van der Waals surface area contributed by atoms with E-state index in [2.05, 4.69) is 0 Å². The second-order valence-corrected chi connectivity index (χ2v) is 11.9. The summed E-state index contributed by atoms with van der Waals surface area (Å²) in [4.78, 5) is 16.0. The molecule has 1 atom stereocenters. The van der Waals surface area contributed by atoms with Crippen LogP contribution in [0.5, 0.6) is 0 Å². The summed E-state index contributed by atoms with van der Waals surface area (Å²) in [6, 6.07) is 19.1. The monoisotopic (exact) mass is 521 g/mol. The molecule has 0 N–H and O–H groups in total. The van der Waals surface area contributed by atoms with Crippen molar-refractivity contribution in [3.8, 4) is 16.9 Å². The molecule has 36 heavy (non-hydrogen) atoms. The number of hydrogen-bond acceptors (Lipinski definition) is 5. The summed E-state index contributed by atoms with van der Waals surface area (Å²) in [5, 5.41) is 6.64. The minimum absolute atomic E-state index is 0.0231. The molecule has 3 heterocycles. The number of halogens is 1. The lowest BCUT2D eigenvalue weighted by molar-refractivity contribution is -0.128. The van der Waals surface area contributed by atoms with Gasteiger partial charge in [0, 0.05) is 34.3 Å². The smallest absolute Gasteiger partial charge is 0.247 e. The molecular formula is C27H24FN3O3S2. The van der Waals surface area contributed by atoms with Crippen LogP contribution in [0.1, 0.15) is 16.9 Å². The van der Waals surface area contributed by atoms with Gasteiger partial charge in [-0.15, -0.1) is 11.3 Å². The normalized spacial score (nSPS) is 17.0. The molecule has 9 heteroatoms. The van der Waals surface area contributed by atoms with Gasteiger partial charge in [0.2, 0.25) is 5.91 Å². The minimum atomic E-state index is -3.15. The van der Waals surface area contributed by atoms with Gasteiger partial charge in [-0.25, -0.2) is 17.5 Å². The van der Waals surface area contributed by atoms with Crippen LogP contribution in [0.15, 0.2) is 84.4 Å². The highest BCUT2D eigenvalue weighted by atomic mass is 32.2. The third kappa shape index (κ3) is 5.47. The molecule has 1 aliphatic heterocycles. The Morgan fingerprint density at radius 3 is 2.56 bits per heavy atom. The van der Waals surface area contributed by atoms with E-state index in [0.29, 0.717) is 24.2 Å². The molecule has 2 aromatic heterocycles. The van der Waals surface area contributed by atoms with Gasteiger partial charge in [0.1, 0.15) is 5.82 Å². The van der Waals surface area contributed by atoms with Crippen molar-refractivity contribution < 1.29 is 17.6 Å².